The summed E-state index contributed by atoms with van der Waals surface area (Å²) < 4.78 is 5.11. The third-order valence-corrected chi connectivity index (χ3v) is 3.62. The van der Waals surface area contributed by atoms with Gasteiger partial charge in [-0.25, -0.2) is 0 Å². The van der Waals surface area contributed by atoms with E-state index >= 15 is 0 Å². The van der Waals surface area contributed by atoms with E-state index in [2.05, 4.69) is 24.5 Å². The zero-order valence-electron chi connectivity index (χ0n) is 12.1. The van der Waals surface area contributed by atoms with Crippen LogP contribution < -0.4 is 10.6 Å². The molecule has 4 heteroatoms. The number of amides is 1. The maximum absolute atomic E-state index is 11.5. The number of hydrogen-bond donors (Lipinski definition) is 2. The van der Waals surface area contributed by atoms with Crippen molar-refractivity contribution < 1.29 is 9.53 Å². The van der Waals surface area contributed by atoms with Crippen LogP contribution in [0, 0.1) is 11.3 Å². The minimum absolute atomic E-state index is 0.109. The van der Waals surface area contributed by atoms with Crippen molar-refractivity contribution in [2.24, 2.45) is 11.3 Å². The number of carbonyl (C=O) groups is 1. The molecule has 0 aromatic rings. The number of methoxy groups -OCH3 is 1. The lowest BCUT2D eigenvalue weighted by molar-refractivity contribution is -0.120. The van der Waals surface area contributed by atoms with Crippen molar-refractivity contribution >= 4 is 5.91 Å². The molecule has 1 saturated carbocycles. The standard InChI is InChI=1S/C14H28N2O2/c1-12(2)4-8-16-13(17)10-15-11-14(5-6-14)7-9-18-3/h12,15H,4-11H2,1-3H3,(H,16,17). The smallest absolute Gasteiger partial charge is 0.233 e. The first-order valence-electron chi connectivity index (χ1n) is 7.04. The zero-order chi connectivity index (χ0) is 13.4. The van der Waals surface area contributed by atoms with Crippen LogP contribution in [0.5, 0.6) is 0 Å². The van der Waals surface area contributed by atoms with Gasteiger partial charge in [0.15, 0.2) is 0 Å². The van der Waals surface area contributed by atoms with Gasteiger partial charge < -0.3 is 15.4 Å². The van der Waals surface area contributed by atoms with Gasteiger partial charge >= 0.3 is 0 Å². The van der Waals surface area contributed by atoms with Gasteiger partial charge in [-0.05, 0) is 37.0 Å². The maximum atomic E-state index is 11.5. The van der Waals surface area contributed by atoms with Crippen molar-refractivity contribution in [1.29, 1.82) is 0 Å². The van der Waals surface area contributed by atoms with Gasteiger partial charge in [0, 0.05) is 26.8 Å². The Kier molecular flexibility index (Phi) is 6.65. The summed E-state index contributed by atoms with van der Waals surface area (Å²) in [7, 11) is 1.74. The van der Waals surface area contributed by atoms with Gasteiger partial charge in [-0.15, -0.1) is 0 Å². The fraction of sp³-hybridized carbons (Fsp3) is 0.929. The molecule has 4 nitrogen and oxygen atoms in total. The van der Waals surface area contributed by atoms with E-state index in [0.29, 0.717) is 17.9 Å². The fourth-order valence-corrected chi connectivity index (χ4v) is 2.01. The van der Waals surface area contributed by atoms with E-state index in [0.717, 1.165) is 32.5 Å². The molecule has 1 aliphatic rings. The Morgan fingerprint density at radius 1 is 1.39 bits per heavy atom. The lowest BCUT2D eigenvalue weighted by atomic mass is 10.0. The normalized spacial score (nSPS) is 16.9. The summed E-state index contributed by atoms with van der Waals surface area (Å²) in [6.45, 7) is 7.31. The monoisotopic (exact) mass is 256 g/mol. The summed E-state index contributed by atoms with van der Waals surface area (Å²) >= 11 is 0. The second-order valence-electron chi connectivity index (χ2n) is 5.88. The van der Waals surface area contributed by atoms with Crippen LogP contribution in [-0.2, 0) is 9.53 Å². The zero-order valence-corrected chi connectivity index (χ0v) is 12.1. The van der Waals surface area contributed by atoms with Gasteiger partial charge in [0.25, 0.3) is 0 Å². The average Bonchev–Trinajstić information content (AvgIpc) is 3.06. The highest BCUT2D eigenvalue weighted by Crippen LogP contribution is 2.48. The summed E-state index contributed by atoms with van der Waals surface area (Å²) in [4.78, 5) is 11.5. The molecule has 0 bridgehead atoms. The molecule has 0 radical (unpaired) electrons. The number of hydrogen-bond acceptors (Lipinski definition) is 3. The van der Waals surface area contributed by atoms with Crippen LogP contribution in [0.25, 0.3) is 0 Å². The molecule has 1 amide bonds. The Morgan fingerprint density at radius 3 is 2.67 bits per heavy atom. The van der Waals surface area contributed by atoms with Crippen molar-refractivity contribution in [2.75, 3.05) is 33.4 Å². The summed E-state index contributed by atoms with van der Waals surface area (Å²) in [5.74, 6) is 0.750. The SMILES string of the molecule is COCCC1(CNCC(=O)NCCC(C)C)CC1. The van der Waals surface area contributed by atoms with Gasteiger partial charge in [0.2, 0.25) is 5.91 Å². The van der Waals surface area contributed by atoms with E-state index in [4.69, 9.17) is 4.74 Å². The Balaban J connectivity index is 2.01. The van der Waals surface area contributed by atoms with Gasteiger partial charge in [0.05, 0.1) is 6.54 Å². The molecular weight excluding hydrogens is 228 g/mol. The van der Waals surface area contributed by atoms with Crippen molar-refractivity contribution in [3.8, 4) is 0 Å². The van der Waals surface area contributed by atoms with Crippen molar-refractivity contribution in [3.63, 3.8) is 0 Å². The molecule has 1 aliphatic carbocycles. The van der Waals surface area contributed by atoms with Crippen LogP contribution >= 0.6 is 0 Å². The number of carbonyl (C=O) groups excluding carboxylic acids is 1. The third-order valence-electron chi connectivity index (χ3n) is 3.62. The molecule has 0 aliphatic heterocycles. The van der Waals surface area contributed by atoms with Crippen LogP contribution in [0.15, 0.2) is 0 Å². The lowest BCUT2D eigenvalue weighted by Crippen LogP contribution is -2.37. The van der Waals surface area contributed by atoms with Crippen LogP contribution in [-0.4, -0.2) is 39.3 Å². The first-order chi connectivity index (χ1) is 8.58. The lowest BCUT2D eigenvalue weighted by Gasteiger charge is -2.15. The predicted octanol–water partition coefficient (Wildman–Crippen LogP) is 1.55. The van der Waals surface area contributed by atoms with Crippen molar-refractivity contribution in [1.82, 2.24) is 10.6 Å². The van der Waals surface area contributed by atoms with E-state index < -0.39 is 0 Å². The van der Waals surface area contributed by atoms with E-state index in [-0.39, 0.29) is 5.91 Å². The molecular formula is C14H28N2O2. The van der Waals surface area contributed by atoms with Crippen LogP contribution in [0.3, 0.4) is 0 Å². The predicted molar refractivity (Wildman–Crippen MR) is 73.5 cm³/mol. The van der Waals surface area contributed by atoms with Gasteiger partial charge in [-0.3, -0.25) is 4.79 Å². The summed E-state index contributed by atoms with van der Waals surface area (Å²) in [6.07, 6.45) is 4.67. The van der Waals surface area contributed by atoms with Gasteiger partial charge in [-0.1, -0.05) is 13.8 Å². The molecule has 0 aromatic carbocycles. The van der Waals surface area contributed by atoms with Crippen LogP contribution in [0.1, 0.15) is 39.5 Å². The maximum Gasteiger partial charge on any atom is 0.233 e. The minimum atomic E-state index is 0.109. The first kappa shape index (κ1) is 15.4. The van der Waals surface area contributed by atoms with Gasteiger partial charge in [0.1, 0.15) is 0 Å². The van der Waals surface area contributed by atoms with E-state index in [1.807, 2.05) is 0 Å². The van der Waals surface area contributed by atoms with Crippen molar-refractivity contribution in [2.45, 2.75) is 39.5 Å². The Morgan fingerprint density at radius 2 is 2.11 bits per heavy atom. The Bertz CT molecular complexity index is 250. The molecule has 1 rings (SSSR count). The molecule has 0 spiro atoms. The largest absolute Gasteiger partial charge is 0.385 e. The van der Waals surface area contributed by atoms with Gasteiger partial charge in [-0.2, -0.15) is 0 Å². The van der Waals surface area contributed by atoms with Crippen LogP contribution in [0.2, 0.25) is 0 Å². The van der Waals surface area contributed by atoms with Crippen molar-refractivity contribution in [3.05, 3.63) is 0 Å². The molecule has 0 aromatic heterocycles. The third kappa shape index (κ3) is 6.36. The summed E-state index contributed by atoms with van der Waals surface area (Å²) in [5.41, 5.74) is 0.411. The average molecular weight is 256 g/mol. The molecule has 18 heavy (non-hydrogen) atoms. The molecule has 0 saturated heterocycles. The second-order valence-corrected chi connectivity index (χ2v) is 5.88. The number of nitrogens with one attached hydrogen (secondary N) is 2. The van der Waals surface area contributed by atoms with Crippen LogP contribution in [0.4, 0.5) is 0 Å². The topological polar surface area (TPSA) is 50.4 Å². The summed E-state index contributed by atoms with van der Waals surface area (Å²) in [6, 6.07) is 0. The van der Waals surface area contributed by atoms with E-state index in [1.54, 1.807) is 7.11 Å². The summed E-state index contributed by atoms with van der Waals surface area (Å²) in [5, 5.41) is 6.21. The highest BCUT2D eigenvalue weighted by molar-refractivity contribution is 5.77. The first-order valence-corrected chi connectivity index (χ1v) is 7.04. The highest BCUT2D eigenvalue weighted by atomic mass is 16.5. The number of rotatable bonds is 10. The Hall–Kier alpha value is -0.610. The molecule has 0 atom stereocenters. The molecule has 1 fully saturated rings. The Labute approximate surface area is 111 Å². The second kappa shape index (κ2) is 7.74. The van der Waals surface area contributed by atoms with E-state index in [9.17, 15) is 4.79 Å². The molecule has 106 valence electrons. The molecule has 0 heterocycles. The van der Waals surface area contributed by atoms with E-state index in [1.165, 1.54) is 12.8 Å². The molecule has 2 N–H and O–H groups in total. The fourth-order valence-electron chi connectivity index (χ4n) is 2.01. The highest BCUT2D eigenvalue weighted by Gasteiger charge is 2.41. The quantitative estimate of drug-likeness (QED) is 0.623. The minimum Gasteiger partial charge on any atom is -0.385 e. The molecule has 0 unspecified atom stereocenters. The number of ether oxygens (including phenoxy) is 1.